The largest absolute Gasteiger partial charge is 0.375 e. The fourth-order valence-electron chi connectivity index (χ4n) is 1.59. The van der Waals surface area contributed by atoms with Gasteiger partial charge in [-0.2, -0.15) is 0 Å². The molecule has 0 aliphatic rings. The zero-order valence-electron chi connectivity index (χ0n) is 8.73. The maximum atomic E-state index is 5.58. The van der Waals surface area contributed by atoms with Crippen molar-refractivity contribution in [2.24, 2.45) is 0 Å². The first-order chi connectivity index (χ1) is 7.25. The van der Waals surface area contributed by atoms with Crippen molar-refractivity contribution >= 4 is 16.5 Å². The van der Waals surface area contributed by atoms with E-state index >= 15 is 0 Å². The third kappa shape index (κ3) is 2.57. The summed E-state index contributed by atoms with van der Waals surface area (Å²) in [7, 11) is 0. The Kier molecular flexibility index (Phi) is 3.02. The van der Waals surface area contributed by atoms with Crippen LogP contribution in [0.2, 0.25) is 0 Å². The van der Waals surface area contributed by atoms with E-state index in [1.807, 2.05) is 6.20 Å². The molecule has 2 nitrogen and oxygen atoms in total. The minimum atomic E-state index is 0.662. The van der Waals surface area contributed by atoms with Gasteiger partial charge in [0.2, 0.25) is 0 Å². The van der Waals surface area contributed by atoms with Gasteiger partial charge < -0.3 is 5.73 Å². The summed E-state index contributed by atoms with van der Waals surface area (Å²) in [6.07, 6.45) is 3.96. The number of aromatic nitrogens is 1. The van der Waals surface area contributed by atoms with Crippen LogP contribution in [-0.4, -0.2) is 4.98 Å². The Morgan fingerprint density at radius 3 is 2.73 bits per heavy atom. The van der Waals surface area contributed by atoms with E-state index in [1.54, 1.807) is 11.3 Å². The fraction of sp³-hybridized carbons (Fsp3) is 0.250. The maximum absolute atomic E-state index is 5.58. The van der Waals surface area contributed by atoms with Crippen LogP contribution in [0.4, 0.5) is 5.13 Å². The Labute approximate surface area is 93.8 Å². The quantitative estimate of drug-likeness (QED) is 0.860. The molecule has 0 amide bonds. The van der Waals surface area contributed by atoms with E-state index in [2.05, 4.69) is 36.2 Å². The van der Waals surface area contributed by atoms with Gasteiger partial charge in [0.25, 0.3) is 0 Å². The van der Waals surface area contributed by atoms with Gasteiger partial charge in [-0.05, 0) is 30.9 Å². The summed E-state index contributed by atoms with van der Waals surface area (Å²) in [4.78, 5) is 5.31. The zero-order chi connectivity index (χ0) is 10.7. The molecule has 2 rings (SSSR count). The summed E-state index contributed by atoms with van der Waals surface area (Å²) in [6.45, 7) is 2.15. The van der Waals surface area contributed by atoms with E-state index in [0.29, 0.717) is 5.13 Å². The highest BCUT2D eigenvalue weighted by molar-refractivity contribution is 7.15. The van der Waals surface area contributed by atoms with Gasteiger partial charge in [-0.3, -0.25) is 0 Å². The van der Waals surface area contributed by atoms with Crippen molar-refractivity contribution in [1.29, 1.82) is 0 Å². The third-order valence-corrected chi connectivity index (χ3v) is 3.36. The summed E-state index contributed by atoms with van der Waals surface area (Å²) in [5.74, 6) is 0. The van der Waals surface area contributed by atoms with Crippen LogP contribution in [0.5, 0.6) is 0 Å². The number of thiazole rings is 1. The lowest BCUT2D eigenvalue weighted by Gasteiger charge is -2.03. The molecule has 0 spiro atoms. The molecule has 0 aliphatic heterocycles. The number of benzene rings is 1. The van der Waals surface area contributed by atoms with Gasteiger partial charge >= 0.3 is 0 Å². The van der Waals surface area contributed by atoms with Crippen LogP contribution < -0.4 is 5.73 Å². The summed E-state index contributed by atoms with van der Waals surface area (Å²) in [6, 6.07) is 8.49. The first-order valence-corrected chi connectivity index (χ1v) is 5.82. The fourth-order valence-corrected chi connectivity index (χ4v) is 2.27. The van der Waals surface area contributed by atoms with E-state index in [-0.39, 0.29) is 0 Å². The predicted molar refractivity (Wildman–Crippen MR) is 65.1 cm³/mol. The molecule has 0 radical (unpaired) electrons. The summed E-state index contributed by atoms with van der Waals surface area (Å²) in [5, 5.41) is 0.662. The normalized spacial score (nSPS) is 10.5. The van der Waals surface area contributed by atoms with Crippen LogP contribution >= 0.6 is 11.3 Å². The highest BCUT2D eigenvalue weighted by Gasteiger charge is 2.01. The molecule has 0 bridgehead atoms. The van der Waals surface area contributed by atoms with Gasteiger partial charge in [0.15, 0.2) is 5.13 Å². The maximum Gasteiger partial charge on any atom is 0.180 e. The molecule has 1 heterocycles. The molecule has 2 N–H and O–H groups in total. The molecule has 0 saturated carbocycles. The van der Waals surface area contributed by atoms with E-state index < -0.39 is 0 Å². The Hall–Kier alpha value is -1.35. The van der Waals surface area contributed by atoms with Gasteiger partial charge in [-0.15, -0.1) is 11.3 Å². The molecule has 1 aromatic carbocycles. The van der Waals surface area contributed by atoms with E-state index in [0.717, 1.165) is 12.8 Å². The molecular formula is C12H14N2S. The summed E-state index contributed by atoms with van der Waals surface area (Å²) < 4.78 is 0. The number of nitrogen functional groups attached to an aromatic ring is 1. The predicted octanol–water partition coefficient (Wildman–Crippen LogP) is 2.82. The highest BCUT2D eigenvalue weighted by atomic mass is 32.1. The molecule has 0 saturated heterocycles. The molecule has 78 valence electrons. The zero-order valence-corrected chi connectivity index (χ0v) is 9.55. The lowest BCUT2D eigenvalue weighted by molar-refractivity contribution is 0.964. The molecule has 1 aromatic heterocycles. The second-order valence-electron chi connectivity index (χ2n) is 3.59. The molecule has 0 fully saturated rings. The summed E-state index contributed by atoms with van der Waals surface area (Å²) in [5.41, 5.74) is 8.35. The van der Waals surface area contributed by atoms with Crippen LogP contribution in [-0.2, 0) is 12.8 Å². The van der Waals surface area contributed by atoms with Gasteiger partial charge in [0.1, 0.15) is 0 Å². The van der Waals surface area contributed by atoms with Crippen molar-refractivity contribution in [3.8, 4) is 0 Å². The van der Waals surface area contributed by atoms with E-state index in [9.17, 15) is 0 Å². The van der Waals surface area contributed by atoms with Crippen molar-refractivity contribution in [1.82, 2.24) is 4.98 Å². The number of nitrogens with two attached hydrogens (primary N) is 1. The topological polar surface area (TPSA) is 38.9 Å². The van der Waals surface area contributed by atoms with Crippen molar-refractivity contribution < 1.29 is 0 Å². The number of anilines is 1. The molecule has 0 unspecified atom stereocenters. The lowest BCUT2D eigenvalue weighted by Crippen LogP contribution is -1.91. The third-order valence-electron chi connectivity index (χ3n) is 2.47. The SMILES string of the molecule is Cc1ccccc1CCc1cnc(N)s1. The van der Waals surface area contributed by atoms with E-state index in [1.165, 1.54) is 16.0 Å². The number of rotatable bonds is 3. The molecular weight excluding hydrogens is 204 g/mol. The van der Waals surface area contributed by atoms with Gasteiger partial charge in [-0.25, -0.2) is 4.98 Å². The lowest BCUT2D eigenvalue weighted by atomic mass is 10.0. The average molecular weight is 218 g/mol. The number of nitrogens with zero attached hydrogens (tertiary/aromatic N) is 1. The molecule has 3 heteroatoms. The molecule has 0 atom stereocenters. The second-order valence-corrected chi connectivity index (χ2v) is 4.74. The van der Waals surface area contributed by atoms with Crippen LogP contribution in [0.25, 0.3) is 0 Å². The van der Waals surface area contributed by atoms with Crippen molar-refractivity contribution in [3.05, 3.63) is 46.5 Å². The Balaban J connectivity index is 2.02. The van der Waals surface area contributed by atoms with Crippen LogP contribution in [0.1, 0.15) is 16.0 Å². The molecule has 0 aliphatic carbocycles. The van der Waals surface area contributed by atoms with Crippen LogP contribution in [0.3, 0.4) is 0 Å². The van der Waals surface area contributed by atoms with Gasteiger partial charge in [0.05, 0.1) is 0 Å². The summed E-state index contributed by atoms with van der Waals surface area (Å²) >= 11 is 1.58. The number of hydrogen-bond acceptors (Lipinski definition) is 3. The Morgan fingerprint density at radius 1 is 1.27 bits per heavy atom. The monoisotopic (exact) mass is 218 g/mol. The van der Waals surface area contributed by atoms with Gasteiger partial charge in [0, 0.05) is 11.1 Å². The van der Waals surface area contributed by atoms with Gasteiger partial charge in [-0.1, -0.05) is 24.3 Å². The van der Waals surface area contributed by atoms with Crippen LogP contribution in [0, 0.1) is 6.92 Å². The first kappa shape index (κ1) is 10.2. The minimum absolute atomic E-state index is 0.662. The number of aryl methyl sites for hydroxylation is 3. The second kappa shape index (κ2) is 4.45. The number of hydrogen-bond donors (Lipinski definition) is 1. The van der Waals surface area contributed by atoms with Crippen molar-refractivity contribution in [3.63, 3.8) is 0 Å². The Bertz CT molecular complexity index is 448. The smallest absolute Gasteiger partial charge is 0.180 e. The first-order valence-electron chi connectivity index (χ1n) is 5.00. The van der Waals surface area contributed by atoms with E-state index in [4.69, 9.17) is 5.73 Å². The molecule has 15 heavy (non-hydrogen) atoms. The van der Waals surface area contributed by atoms with Crippen molar-refractivity contribution in [2.75, 3.05) is 5.73 Å². The Morgan fingerprint density at radius 2 is 2.07 bits per heavy atom. The average Bonchev–Trinajstić information content (AvgIpc) is 2.63. The van der Waals surface area contributed by atoms with Crippen molar-refractivity contribution in [2.45, 2.75) is 19.8 Å². The standard InChI is InChI=1S/C12H14N2S/c1-9-4-2-3-5-10(9)6-7-11-8-14-12(13)15-11/h2-5,8H,6-7H2,1H3,(H2,13,14). The van der Waals surface area contributed by atoms with Crippen LogP contribution in [0.15, 0.2) is 30.5 Å². The molecule has 2 aromatic rings. The highest BCUT2D eigenvalue weighted by Crippen LogP contribution is 2.17. The minimum Gasteiger partial charge on any atom is -0.375 e.